The van der Waals surface area contributed by atoms with Crippen molar-refractivity contribution in [3.8, 4) is 5.75 Å². The molecule has 7 nitrogen and oxygen atoms in total. The number of aliphatic hydroxyl groups is 1. The lowest BCUT2D eigenvalue weighted by atomic mass is 9.95. The molecule has 174 valence electrons. The average Bonchev–Trinajstić information content (AvgIpc) is 3.44. The predicted molar refractivity (Wildman–Crippen MR) is 133 cm³/mol. The summed E-state index contributed by atoms with van der Waals surface area (Å²) in [5.41, 5.74) is 2.06. The van der Waals surface area contributed by atoms with Gasteiger partial charge in [0.25, 0.3) is 5.78 Å². The number of aromatic nitrogens is 2. The van der Waals surface area contributed by atoms with Gasteiger partial charge < -0.3 is 9.84 Å². The number of benzene rings is 3. The normalized spacial score (nSPS) is 17.1. The van der Waals surface area contributed by atoms with Crippen LogP contribution in [0.2, 0.25) is 0 Å². The van der Waals surface area contributed by atoms with Gasteiger partial charge in [0.2, 0.25) is 5.13 Å². The van der Waals surface area contributed by atoms with E-state index in [4.69, 9.17) is 4.74 Å². The predicted octanol–water partition coefficient (Wildman–Crippen LogP) is 5.05. The monoisotopic (exact) mass is 483 g/mol. The van der Waals surface area contributed by atoms with Crippen molar-refractivity contribution in [3.05, 3.63) is 112 Å². The fourth-order valence-electron chi connectivity index (χ4n) is 4.00. The van der Waals surface area contributed by atoms with Crippen LogP contribution in [0.5, 0.6) is 5.75 Å². The number of aliphatic hydroxyl groups excluding tert-OH is 1. The highest BCUT2D eigenvalue weighted by Gasteiger charge is 2.48. The Morgan fingerprint density at radius 3 is 2.37 bits per heavy atom. The van der Waals surface area contributed by atoms with Gasteiger partial charge in [-0.05, 0) is 30.2 Å². The molecule has 8 heteroatoms. The molecule has 2 heterocycles. The summed E-state index contributed by atoms with van der Waals surface area (Å²) in [5.74, 6) is -1.21. The standard InChI is InChI=1S/C27H21N3O4S/c1-17-28-29-27(35-17)30-23(22(25(32)26(30)33)24(31)19-11-6-3-7-12-19)20-13-8-14-21(15-20)34-16-18-9-4-2-5-10-18/h2-15,23,31H,16H2,1H3/b24-22+. The maximum absolute atomic E-state index is 13.2. The van der Waals surface area contributed by atoms with Crippen LogP contribution in [0.1, 0.15) is 27.7 Å². The molecular weight excluding hydrogens is 462 g/mol. The number of amides is 1. The van der Waals surface area contributed by atoms with Gasteiger partial charge in [0.1, 0.15) is 23.1 Å². The molecule has 0 aliphatic carbocycles. The minimum atomic E-state index is -0.886. The van der Waals surface area contributed by atoms with Crippen LogP contribution in [-0.4, -0.2) is 27.0 Å². The Kier molecular flexibility index (Phi) is 6.12. The topological polar surface area (TPSA) is 92.6 Å². The molecule has 35 heavy (non-hydrogen) atoms. The molecule has 3 aromatic carbocycles. The van der Waals surface area contributed by atoms with Crippen LogP contribution in [0.15, 0.2) is 90.5 Å². The number of anilines is 1. The first-order chi connectivity index (χ1) is 17.0. The number of hydrogen-bond donors (Lipinski definition) is 1. The van der Waals surface area contributed by atoms with Crippen molar-refractivity contribution in [2.75, 3.05) is 4.90 Å². The number of hydrogen-bond acceptors (Lipinski definition) is 7. The van der Waals surface area contributed by atoms with E-state index in [9.17, 15) is 14.7 Å². The Bertz CT molecular complexity index is 1420. The molecule has 1 unspecified atom stereocenters. The third-order valence-electron chi connectivity index (χ3n) is 5.64. The highest BCUT2D eigenvalue weighted by molar-refractivity contribution is 7.15. The van der Waals surface area contributed by atoms with Gasteiger partial charge in [0.05, 0.1) is 11.6 Å². The van der Waals surface area contributed by atoms with E-state index in [1.165, 1.54) is 16.2 Å². The zero-order chi connectivity index (χ0) is 24.4. The summed E-state index contributed by atoms with van der Waals surface area (Å²) in [6.07, 6.45) is 0. The van der Waals surface area contributed by atoms with Crippen molar-refractivity contribution in [1.29, 1.82) is 0 Å². The molecule has 1 saturated heterocycles. The maximum atomic E-state index is 13.2. The molecule has 5 rings (SSSR count). The van der Waals surface area contributed by atoms with Crippen molar-refractivity contribution in [1.82, 2.24) is 10.2 Å². The summed E-state index contributed by atoms with van der Waals surface area (Å²) in [6.45, 7) is 2.14. The number of carbonyl (C=O) groups excluding carboxylic acids is 2. The van der Waals surface area contributed by atoms with Crippen LogP contribution in [-0.2, 0) is 16.2 Å². The van der Waals surface area contributed by atoms with Gasteiger partial charge >= 0.3 is 5.91 Å². The number of Topliss-reactive ketones (excluding diaryl/α,β-unsaturated/α-hetero) is 1. The molecule has 1 fully saturated rings. The van der Waals surface area contributed by atoms with E-state index in [-0.39, 0.29) is 16.5 Å². The number of ketones is 1. The molecule has 1 amide bonds. The number of nitrogens with zero attached hydrogens (tertiary/aromatic N) is 3. The quantitative estimate of drug-likeness (QED) is 0.234. The van der Waals surface area contributed by atoms with Crippen molar-refractivity contribution < 1.29 is 19.4 Å². The van der Waals surface area contributed by atoms with Crippen molar-refractivity contribution in [2.45, 2.75) is 19.6 Å². The fraction of sp³-hybridized carbons (Fsp3) is 0.111. The summed E-state index contributed by atoms with van der Waals surface area (Å²) in [7, 11) is 0. The molecule has 1 aromatic heterocycles. The number of ether oxygens (including phenoxy) is 1. The van der Waals surface area contributed by atoms with Gasteiger partial charge in [-0.15, -0.1) is 10.2 Å². The first-order valence-electron chi connectivity index (χ1n) is 11.0. The SMILES string of the molecule is Cc1nnc(N2C(=O)C(=O)/C(=C(/O)c3ccccc3)C2c2cccc(OCc3ccccc3)c2)s1. The lowest BCUT2D eigenvalue weighted by molar-refractivity contribution is -0.132. The molecule has 0 radical (unpaired) electrons. The molecule has 0 bridgehead atoms. The van der Waals surface area contributed by atoms with E-state index < -0.39 is 17.7 Å². The smallest absolute Gasteiger partial charge is 0.301 e. The molecule has 1 aliphatic heterocycles. The van der Waals surface area contributed by atoms with Gasteiger partial charge in [-0.3, -0.25) is 14.5 Å². The van der Waals surface area contributed by atoms with Crippen molar-refractivity contribution >= 4 is 33.9 Å². The highest BCUT2D eigenvalue weighted by atomic mass is 32.1. The molecule has 0 saturated carbocycles. The van der Waals surface area contributed by atoms with Crippen LogP contribution in [0.3, 0.4) is 0 Å². The minimum Gasteiger partial charge on any atom is -0.507 e. The van der Waals surface area contributed by atoms with Crippen molar-refractivity contribution in [3.63, 3.8) is 0 Å². The van der Waals surface area contributed by atoms with E-state index in [0.717, 1.165) is 5.56 Å². The lowest BCUT2D eigenvalue weighted by Crippen LogP contribution is -2.29. The summed E-state index contributed by atoms with van der Waals surface area (Å²) in [5, 5.41) is 20.2. The molecule has 0 spiro atoms. The highest BCUT2D eigenvalue weighted by Crippen LogP contribution is 2.43. The number of carbonyl (C=O) groups is 2. The summed E-state index contributed by atoms with van der Waals surface area (Å²) >= 11 is 1.21. The lowest BCUT2D eigenvalue weighted by Gasteiger charge is -2.23. The molecule has 1 N–H and O–H groups in total. The van der Waals surface area contributed by atoms with E-state index in [0.29, 0.717) is 28.5 Å². The Labute approximate surface area is 206 Å². The van der Waals surface area contributed by atoms with Crippen LogP contribution in [0.25, 0.3) is 5.76 Å². The molecular formula is C27H21N3O4S. The van der Waals surface area contributed by atoms with E-state index in [2.05, 4.69) is 10.2 Å². The van der Waals surface area contributed by atoms with Gasteiger partial charge in [-0.1, -0.05) is 84.1 Å². The van der Waals surface area contributed by atoms with E-state index in [1.807, 2.05) is 42.5 Å². The Morgan fingerprint density at radius 1 is 0.971 bits per heavy atom. The third-order valence-corrected chi connectivity index (χ3v) is 6.47. The zero-order valence-corrected chi connectivity index (χ0v) is 19.6. The van der Waals surface area contributed by atoms with Gasteiger partial charge in [0, 0.05) is 5.56 Å². The van der Waals surface area contributed by atoms with Crippen molar-refractivity contribution in [2.24, 2.45) is 0 Å². The van der Waals surface area contributed by atoms with E-state index in [1.54, 1.807) is 49.4 Å². The van der Waals surface area contributed by atoms with Gasteiger partial charge in [-0.25, -0.2) is 0 Å². The second kappa shape index (κ2) is 9.52. The van der Waals surface area contributed by atoms with Gasteiger partial charge in [-0.2, -0.15) is 0 Å². The third kappa shape index (κ3) is 4.43. The molecule has 1 atom stereocenters. The summed E-state index contributed by atoms with van der Waals surface area (Å²) in [4.78, 5) is 27.7. The Morgan fingerprint density at radius 2 is 1.69 bits per heavy atom. The summed E-state index contributed by atoms with van der Waals surface area (Å²) < 4.78 is 5.98. The van der Waals surface area contributed by atoms with Crippen LogP contribution >= 0.6 is 11.3 Å². The minimum absolute atomic E-state index is 0.00531. The molecule has 4 aromatic rings. The number of rotatable bonds is 6. The fourth-order valence-corrected chi connectivity index (χ4v) is 4.71. The maximum Gasteiger partial charge on any atom is 0.301 e. The second-order valence-electron chi connectivity index (χ2n) is 7.99. The molecule has 1 aliphatic rings. The average molecular weight is 484 g/mol. The zero-order valence-electron chi connectivity index (χ0n) is 18.8. The van der Waals surface area contributed by atoms with Crippen LogP contribution in [0.4, 0.5) is 5.13 Å². The van der Waals surface area contributed by atoms with E-state index >= 15 is 0 Å². The Hall–Kier alpha value is -4.30. The Balaban J connectivity index is 1.59. The van der Waals surface area contributed by atoms with Crippen LogP contribution < -0.4 is 9.64 Å². The first kappa shape index (κ1) is 22.5. The summed E-state index contributed by atoms with van der Waals surface area (Å²) in [6, 6.07) is 24.8. The number of aryl methyl sites for hydroxylation is 1. The van der Waals surface area contributed by atoms with Gasteiger partial charge in [0.15, 0.2) is 0 Å². The first-order valence-corrected chi connectivity index (χ1v) is 11.8. The second-order valence-corrected chi connectivity index (χ2v) is 9.15. The largest absolute Gasteiger partial charge is 0.507 e. The van der Waals surface area contributed by atoms with Crippen LogP contribution in [0, 0.1) is 6.92 Å².